The van der Waals surface area contributed by atoms with Crippen molar-refractivity contribution in [3.8, 4) is 0 Å². The Morgan fingerprint density at radius 2 is 1.67 bits per heavy atom. The highest BCUT2D eigenvalue weighted by Crippen LogP contribution is 2.08. The lowest BCUT2D eigenvalue weighted by molar-refractivity contribution is 0.0950. The van der Waals surface area contributed by atoms with E-state index in [1.165, 1.54) is 0 Å². The number of aromatic nitrogens is 2. The summed E-state index contributed by atoms with van der Waals surface area (Å²) in [5, 5.41) is 4.28. The zero-order valence-corrected chi connectivity index (χ0v) is 13.2. The van der Waals surface area contributed by atoms with Gasteiger partial charge in [0.2, 0.25) is 0 Å². The van der Waals surface area contributed by atoms with Crippen molar-refractivity contribution in [3.63, 3.8) is 0 Å². The highest BCUT2D eigenvalue weighted by Gasteiger charge is 2.11. The molecule has 5 heteroatoms. The predicted molar refractivity (Wildman–Crippen MR) is 92.8 cm³/mol. The van der Waals surface area contributed by atoms with Crippen LogP contribution in [0.5, 0.6) is 0 Å². The Morgan fingerprint density at radius 3 is 2.38 bits per heavy atom. The topological polar surface area (TPSA) is 67.2 Å². The van der Waals surface area contributed by atoms with Crippen molar-refractivity contribution in [2.75, 3.05) is 0 Å². The van der Waals surface area contributed by atoms with Crippen molar-refractivity contribution in [2.24, 2.45) is 5.10 Å². The molecule has 1 N–H and O–H groups in total. The average Bonchev–Trinajstić information content (AvgIpc) is 2.63. The van der Waals surface area contributed by atoms with E-state index in [4.69, 9.17) is 0 Å². The van der Waals surface area contributed by atoms with Gasteiger partial charge in [0.15, 0.2) is 0 Å². The van der Waals surface area contributed by atoms with Crippen LogP contribution in [0.15, 0.2) is 78.2 Å². The Bertz CT molecular complexity index is 819. The van der Waals surface area contributed by atoms with Gasteiger partial charge in [-0.25, -0.2) is 5.43 Å². The molecule has 0 atom stereocenters. The quantitative estimate of drug-likeness (QED) is 0.594. The van der Waals surface area contributed by atoms with Gasteiger partial charge in [0.05, 0.1) is 5.69 Å². The van der Waals surface area contributed by atoms with Crippen LogP contribution in [0.25, 0.3) is 0 Å². The molecule has 1 aromatic carbocycles. The highest BCUT2D eigenvalue weighted by molar-refractivity contribution is 6.12. The van der Waals surface area contributed by atoms with Crippen LogP contribution >= 0.6 is 0 Å². The molecule has 0 aliphatic heterocycles. The fourth-order valence-corrected chi connectivity index (χ4v) is 2.19. The van der Waals surface area contributed by atoms with Gasteiger partial charge in [-0.1, -0.05) is 36.4 Å². The number of carbonyl (C=O) groups excluding carboxylic acids is 1. The van der Waals surface area contributed by atoms with Crippen molar-refractivity contribution in [1.82, 2.24) is 15.4 Å². The summed E-state index contributed by atoms with van der Waals surface area (Å²) in [5.74, 6) is -0.358. The summed E-state index contributed by atoms with van der Waals surface area (Å²) < 4.78 is 0. The van der Waals surface area contributed by atoms with Crippen molar-refractivity contribution in [2.45, 2.75) is 6.92 Å². The monoisotopic (exact) mass is 316 g/mol. The molecule has 24 heavy (non-hydrogen) atoms. The van der Waals surface area contributed by atoms with Crippen molar-refractivity contribution < 1.29 is 4.79 Å². The Balaban J connectivity index is 1.91. The van der Waals surface area contributed by atoms with Gasteiger partial charge in [0.1, 0.15) is 11.4 Å². The molecule has 1 amide bonds. The zero-order valence-electron chi connectivity index (χ0n) is 13.2. The van der Waals surface area contributed by atoms with E-state index < -0.39 is 0 Å². The second-order valence-corrected chi connectivity index (χ2v) is 5.20. The van der Waals surface area contributed by atoms with Crippen LogP contribution in [-0.4, -0.2) is 21.6 Å². The van der Waals surface area contributed by atoms with Gasteiger partial charge in [-0.3, -0.25) is 14.8 Å². The SMILES string of the molecule is Cc1ccnc(C(=O)NN=C(c2ccccc2)c2ccccn2)c1. The minimum Gasteiger partial charge on any atom is -0.266 e. The third-order valence-electron chi connectivity index (χ3n) is 3.37. The third-order valence-corrected chi connectivity index (χ3v) is 3.37. The first-order valence-electron chi connectivity index (χ1n) is 7.51. The summed E-state index contributed by atoms with van der Waals surface area (Å²) in [6, 6.07) is 18.7. The van der Waals surface area contributed by atoms with Gasteiger partial charge >= 0.3 is 0 Å². The van der Waals surface area contributed by atoms with Crippen LogP contribution < -0.4 is 5.43 Å². The molecule has 2 aromatic heterocycles. The van der Waals surface area contributed by atoms with Gasteiger partial charge in [-0.15, -0.1) is 0 Å². The van der Waals surface area contributed by atoms with Gasteiger partial charge in [0, 0.05) is 18.0 Å². The van der Waals surface area contributed by atoms with Crippen LogP contribution in [-0.2, 0) is 0 Å². The molecule has 0 bridgehead atoms. The normalized spacial score (nSPS) is 11.1. The second-order valence-electron chi connectivity index (χ2n) is 5.20. The van der Waals surface area contributed by atoms with Crippen molar-refractivity contribution >= 4 is 11.6 Å². The van der Waals surface area contributed by atoms with Crippen LogP contribution in [0, 0.1) is 6.92 Å². The number of rotatable bonds is 4. The number of carbonyl (C=O) groups is 1. The molecule has 5 nitrogen and oxygen atoms in total. The summed E-state index contributed by atoms with van der Waals surface area (Å²) in [6.07, 6.45) is 3.29. The summed E-state index contributed by atoms with van der Waals surface area (Å²) in [7, 11) is 0. The fourth-order valence-electron chi connectivity index (χ4n) is 2.19. The average molecular weight is 316 g/mol. The highest BCUT2D eigenvalue weighted by atomic mass is 16.2. The van der Waals surface area contributed by atoms with Gasteiger partial charge < -0.3 is 0 Å². The Labute approximate surface area is 140 Å². The summed E-state index contributed by atoms with van der Waals surface area (Å²) in [5.41, 5.74) is 6.01. The van der Waals surface area contributed by atoms with E-state index in [2.05, 4.69) is 20.5 Å². The van der Waals surface area contributed by atoms with Gasteiger partial charge in [-0.2, -0.15) is 5.10 Å². The molecule has 0 aliphatic carbocycles. The maximum absolute atomic E-state index is 12.3. The predicted octanol–water partition coefficient (Wildman–Crippen LogP) is 2.97. The van der Waals surface area contributed by atoms with E-state index in [1.807, 2.05) is 61.5 Å². The first kappa shape index (κ1) is 15.6. The molecule has 3 aromatic rings. The molecule has 0 aliphatic rings. The number of nitrogens with zero attached hydrogens (tertiary/aromatic N) is 3. The fraction of sp³-hybridized carbons (Fsp3) is 0.0526. The van der Waals surface area contributed by atoms with E-state index >= 15 is 0 Å². The molecule has 0 saturated heterocycles. The minimum absolute atomic E-state index is 0.326. The number of amides is 1. The Morgan fingerprint density at radius 1 is 0.917 bits per heavy atom. The molecule has 2 heterocycles. The van der Waals surface area contributed by atoms with Crippen molar-refractivity contribution in [1.29, 1.82) is 0 Å². The molecular weight excluding hydrogens is 300 g/mol. The maximum atomic E-state index is 12.3. The van der Waals surface area contributed by atoms with Gasteiger partial charge in [-0.05, 0) is 36.8 Å². The first-order chi connectivity index (χ1) is 11.7. The number of nitrogens with one attached hydrogen (secondary N) is 1. The molecular formula is C19H16N4O. The third kappa shape index (κ3) is 3.70. The second kappa shape index (κ2) is 7.28. The molecule has 0 unspecified atom stereocenters. The summed E-state index contributed by atoms with van der Waals surface area (Å²) >= 11 is 0. The standard InChI is InChI=1S/C19H16N4O/c1-14-10-12-21-17(13-14)19(24)23-22-18(15-7-3-2-4-8-15)16-9-5-6-11-20-16/h2-13H,1H3,(H,23,24). The molecule has 0 fully saturated rings. The van der Waals surface area contributed by atoms with Gasteiger partial charge in [0.25, 0.3) is 5.91 Å². The van der Waals surface area contributed by atoms with E-state index in [9.17, 15) is 4.79 Å². The van der Waals surface area contributed by atoms with Crippen LogP contribution in [0.4, 0.5) is 0 Å². The van der Waals surface area contributed by atoms with Crippen LogP contribution in [0.1, 0.15) is 27.3 Å². The molecule has 3 rings (SSSR count). The largest absolute Gasteiger partial charge is 0.289 e. The number of hydrogen-bond acceptors (Lipinski definition) is 4. The lowest BCUT2D eigenvalue weighted by atomic mass is 10.1. The van der Waals surface area contributed by atoms with E-state index in [1.54, 1.807) is 18.5 Å². The van der Waals surface area contributed by atoms with E-state index in [-0.39, 0.29) is 5.91 Å². The lowest BCUT2D eigenvalue weighted by Crippen LogP contribution is -2.22. The number of pyridine rings is 2. The number of hydrazone groups is 1. The van der Waals surface area contributed by atoms with Crippen LogP contribution in [0.3, 0.4) is 0 Å². The Kier molecular flexibility index (Phi) is 4.72. The maximum Gasteiger partial charge on any atom is 0.289 e. The smallest absolute Gasteiger partial charge is 0.266 e. The molecule has 0 spiro atoms. The van der Waals surface area contributed by atoms with E-state index in [0.29, 0.717) is 17.1 Å². The minimum atomic E-state index is -0.358. The lowest BCUT2D eigenvalue weighted by Gasteiger charge is -2.07. The summed E-state index contributed by atoms with van der Waals surface area (Å²) in [6.45, 7) is 1.91. The van der Waals surface area contributed by atoms with Crippen molar-refractivity contribution in [3.05, 3.63) is 95.6 Å². The first-order valence-corrected chi connectivity index (χ1v) is 7.51. The zero-order chi connectivity index (χ0) is 16.8. The number of hydrogen-bond donors (Lipinski definition) is 1. The Hall–Kier alpha value is -3.34. The van der Waals surface area contributed by atoms with E-state index in [0.717, 1.165) is 11.1 Å². The summed E-state index contributed by atoms with van der Waals surface area (Å²) in [4.78, 5) is 20.7. The van der Waals surface area contributed by atoms with Crippen LogP contribution in [0.2, 0.25) is 0 Å². The number of benzene rings is 1. The number of aryl methyl sites for hydroxylation is 1. The molecule has 0 radical (unpaired) electrons. The molecule has 118 valence electrons. The molecule has 0 saturated carbocycles.